The van der Waals surface area contributed by atoms with E-state index < -0.39 is 0 Å². The SMILES string of the molecule is COc1ccc(CN(Cc2cccc(N)c2)C2CC2)cc1. The van der Waals surface area contributed by atoms with E-state index in [-0.39, 0.29) is 0 Å². The lowest BCUT2D eigenvalue weighted by Crippen LogP contribution is -2.25. The van der Waals surface area contributed by atoms with E-state index in [1.807, 2.05) is 24.3 Å². The van der Waals surface area contributed by atoms with Crippen molar-refractivity contribution in [3.05, 3.63) is 59.7 Å². The summed E-state index contributed by atoms with van der Waals surface area (Å²) in [5.41, 5.74) is 9.33. The van der Waals surface area contributed by atoms with Crippen LogP contribution in [0.25, 0.3) is 0 Å². The Morgan fingerprint density at radius 3 is 2.38 bits per heavy atom. The van der Waals surface area contributed by atoms with Gasteiger partial charge < -0.3 is 10.5 Å². The standard InChI is InChI=1S/C18H22N2O/c1-21-18-9-5-14(6-10-18)12-20(17-7-8-17)13-15-3-2-4-16(19)11-15/h2-6,9-11,17H,7-8,12-13,19H2,1H3. The molecular weight excluding hydrogens is 260 g/mol. The Hall–Kier alpha value is -2.00. The second kappa shape index (κ2) is 6.19. The number of nitrogens with two attached hydrogens (primary N) is 1. The number of nitrogens with zero attached hydrogens (tertiary/aromatic N) is 1. The molecule has 0 radical (unpaired) electrons. The largest absolute Gasteiger partial charge is 0.497 e. The highest BCUT2D eigenvalue weighted by atomic mass is 16.5. The minimum atomic E-state index is 0.716. The predicted molar refractivity (Wildman–Crippen MR) is 86.1 cm³/mol. The zero-order valence-corrected chi connectivity index (χ0v) is 12.5. The lowest BCUT2D eigenvalue weighted by molar-refractivity contribution is 0.245. The van der Waals surface area contributed by atoms with Gasteiger partial charge in [0.15, 0.2) is 0 Å². The molecule has 0 amide bonds. The Bertz CT molecular complexity index is 590. The third kappa shape index (κ3) is 3.76. The van der Waals surface area contributed by atoms with Gasteiger partial charge in [0.25, 0.3) is 0 Å². The van der Waals surface area contributed by atoms with Gasteiger partial charge in [-0.2, -0.15) is 0 Å². The van der Waals surface area contributed by atoms with Crippen LogP contribution in [-0.2, 0) is 13.1 Å². The fraction of sp³-hybridized carbons (Fsp3) is 0.333. The van der Waals surface area contributed by atoms with Gasteiger partial charge in [-0.15, -0.1) is 0 Å². The molecule has 0 heterocycles. The molecule has 21 heavy (non-hydrogen) atoms. The molecule has 1 aliphatic rings. The summed E-state index contributed by atoms with van der Waals surface area (Å²) in [6, 6.07) is 17.3. The van der Waals surface area contributed by atoms with Gasteiger partial charge in [-0.1, -0.05) is 24.3 Å². The van der Waals surface area contributed by atoms with Crippen molar-refractivity contribution in [1.29, 1.82) is 0 Å². The maximum absolute atomic E-state index is 5.88. The molecule has 0 aromatic heterocycles. The molecule has 2 aromatic carbocycles. The molecule has 0 unspecified atom stereocenters. The van der Waals surface area contributed by atoms with E-state index in [1.165, 1.54) is 24.0 Å². The van der Waals surface area contributed by atoms with E-state index in [1.54, 1.807) is 7.11 Å². The van der Waals surface area contributed by atoms with Crippen molar-refractivity contribution in [2.75, 3.05) is 12.8 Å². The molecule has 0 saturated heterocycles. The van der Waals surface area contributed by atoms with Gasteiger partial charge in [0.2, 0.25) is 0 Å². The van der Waals surface area contributed by atoms with Crippen molar-refractivity contribution >= 4 is 5.69 Å². The average molecular weight is 282 g/mol. The Labute approximate surface area is 126 Å². The number of rotatable bonds is 6. The van der Waals surface area contributed by atoms with Gasteiger partial charge >= 0.3 is 0 Å². The van der Waals surface area contributed by atoms with E-state index in [4.69, 9.17) is 10.5 Å². The number of hydrogen-bond acceptors (Lipinski definition) is 3. The normalized spacial score (nSPS) is 14.4. The van der Waals surface area contributed by atoms with Gasteiger partial charge in [0.05, 0.1) is 7.11 Å². The van der Waals surface area contributed by atoms with Crippen molar-refractivity contribution in [2.45, 2.75) is 32.0 Å². The summed E-state index contributed by atoms with van der Waals surface area (Å²) < 4.78 is 5.22. The van der Waals surface area contributed by atoms with Crippen LogP contribution in [0.5, 0.6) is 5.75 Å². The van der Waals surface area contributed by atoms with Crippen molar-refractivity contribution in [3.8, 4) is 5.75 Å². The lowest BCUT2D eigenvalue weighted by Gasteiger charge is -2.22. The summed E-state index contributed by atoms with van der Waals surface area (Å²) in [6.07, 6.45) is 2.61. The Morgan fingerprint density at radius 1 is 1.05 bits per heavy atom. The highest BCUT2D eigenvalue weighted by molar-refractivity contribution is 5.40. The number of methoxy groups -OCH3 is 1. The molecule has 2 N–H and O–H groups in total. The van der Waals surface area contributed by atoms with Crippen molar-refractivity contribution in [3.63, 3.8) is 0 Å². The zero-order chi connectivity index (χ0) is 14.7. The van der Waals surface area contributed by atoms with E-state index in [0.717, 1.165) is 24.5 Å². The molecule has 3 rings (SSSR count). The molecule has 1 saturated carbocycles. The molecule has 0 atom stereocenters. The van der Waals surface area contributed by atoms with Crippen LogP contribution < -0.4 is 10.5 Å². The van der Waals surface area contributed by atoms with Gasteiger partial charge in [-0.25, -0.2) is 0 Å². The molecule has 110 valence electrons. The highest BCUT2D eigenvalue weighted by Gasteiger charge is 2.28. The number of ether oxygens (including phenoxy) is 1. The predicted octanol–water partition coefficient (Wildman–Crippen LogP) is 3.44. The summed E-state index contributed by atoms with van der Waals surface area (Å²) in [6.45, 7) is 1.94. The Balaban J connectivity index is 1.69. The van der Waals surface area contributed by atoms with Crippen LogP contribution in [0.15, 0.2) is 48.5 Å². The first-order valence-corrected chi connectivity index (χ1v) is 7.46. The van der Waals surface area contributed by atoms with Crippen molar-refractivity contribution < 1.29 is 4.74 Å². The van der Waals surface area contributed by atoms with Crippen LogP contribution in [0.3, 0.4) is 0 Å². The van der Waals surface area contributed by atoms with Gasteiger partial charge in [0, 0.05) is 24.8 Å². The van der Waals surface area contributed by atoms with Crippen molar-refractivity contribution in [1.82, 2.24) is 4.90 Å². The van der Waals surface area contributed by atoms with Gasteiger partial charge in [-0.3, -0.25) is 4.90 Å². The average Bonchev–Trinajstić information content (AvgIpc) is 3.32. The second-order valence-electron chi connectivity index (χ2n) is 5.73. The Kier molecular flexibility index (Phi) is 4.11. The summed E-state index contributed by atoms with van der Waals surface area (Å²) in [5, 5.41) is 0. The lowest BCUT2D eigenvalue weighted by atomic mass is 10.1. The van der Waals surface area contributed by atoms with Crippen LogP contribution >= 0.6 is 0 Å². The van der Waals surface area contributed by atoms with Crippen LogP contribution in [0.2, 0.25) is 0 Å². The van der Waals surface area contributed by atoms with Crippen molar-refractivity contribution in [2.24, 2.45) is 0 Å². The first kappa shape index (κ1) is 14.0. The molecule has 0 aliphatic heterocycles. The van der Waals surface area contributed by atoms with Crippen LogP contribution in [0, 0.1) is 0 Å². The molecule has 0 spiro atoms. The topological polar surface area (TPSA) is 38.5 Å². The maximum atomic E-state index is 5.88. The molecular formula is C18H22N2O. The van der Waals surface area contributed by atoms with Gasteiger partial charge in [0.1, 0.15) is 5.75 Å². The smallest absolute Gasteiger partial charge is 0.118 e. The van der Waals surface area contributed by atoms with Crippen LogP contribution in [0.1, 0.15) is 24.0 Å². The van der Waals surface area contributed by atoms with Crippen LogP contribution in [0.4, 0.5) is 5.69 Å². The van der Waals surface area contributed by atoms with E-state index in [0.29, 0.717) is 6.04 Å². The number of anilines is 1. The molecule has 1 aliphatic carbocycles. The minimum absolute atomic E-state index is 0.716. The van der Waals surface area contributed by atoms with E-state index in [9.17, 15) is 0 Å². The number of nitrogen functional groups attached to an aromatic ring is 1. The number of benzene rings is 2. The fourth-order valence-electron chi connectivity index (χ4n) is 2.65. The maximum Gasteiger partial charge on any atom is 0.118 e. The quantitative estimate of drug-likeness (QED) is 0.825. The summed E-state index contributed by atoms with van der Waals surface area (Å²) in [5.74, 6) is 0.910. The monoisotopic (exact) mass is 282 g/mol. The summed E-state index contributed by atoms with van der Waals surface area (Å²) in [7, 11) is 1.70. The fourth-order valence-corrected chi connectivity index (χ4v) is 2.65. The molecule has 3 nitrogen and oxygen atoms in total. The summed E-state index contributed by atoms with van der Waals surface area (Å²) in [4.78, 5) is 2.54. The van der Waals surface area contributed by atoms with E-state index in [2.05, 4.69) is 29.2 Å². The molecule has 1 fully saturated rings. The van der Waals surface area contributed by atoms with Gasteiger partial charge in [-0.05, 0) is 48.2 Å². The summed E-state index contributed by atoms with van der Waals surface area (Å²) >= 11 is 0. The zero-order valence-electron chi connectivity index (χ0n) is 12.5. The third-order valence-electron chi connectivity index (χ3n) is 3.94. The highest BCUT2D eigenvalue weighted by Crippen LogP contribution is 2.30. The third-order valence-corrected chi connectivity index (χ3v) is 3.94. The van der Waals surface area contributed by atoms with Crippen LogP contribution in [-0.4, -0.2) is 18.1 Å². The first-order valence-electron chi connectivity index (χ1n) is 7.46. The molecule has 0 bridgehead atoms. The van der Waals surface area contributed by atoms with E-state index >= 15 is 0 Å². The molecule has 2 aromatic rings. The molecule has 3 heteroatoms. The minimum Gasteiger partial charge on any atom is -0.497 e. The first-order chi connectivity index (χ1) is 10.2. The second-order valence-corrected chi connectivity index (χ2v) is 5.73. The Morgan fingerprint density at radius 2 is 1.76 bits per heavy atom. The number of hydrogen-bond donors (Lipinski definition) is 1.